The van der Waals surface area contributed by atoms with Gasteiger partial charge in [0.05, 0.1) is 6.42 Å². The Morgan fingerprint density at radius 2 is 0.481 bits per heavy atom. The van der Waals surface area contributed by atoms with E-state index in [9.17, 15) is 14.4 Å². The number of carbonyl (C=O) groups excluding carboxylic acids is 3. The average Bonchev–Trinajstić information content (AvgIpc) is 3.47. The average molecular weight is 1130 g/mol. The van der Waals surface area contributed by atoms with E-state index in [0.717, 1.165) is 70.6 Å². The van der Waals surface area contributed by atoms with Crippen LogP contribution in [-0.4, -0.2) is 37.2 Å². The number of hydrogen-bond acceptors (Lipinski definition) is 6. The molecule has 6 nitrogen and oxygen atoms in total. The molecule has 0 saturated heterocycles. The normalized spacial score (nSPS) is 12.4. The molecule has 0 fully saturated rings. The third kappa shape index (κ3) is 67.8. The van der Waals surface area contributed by atoms with E-state index in [1.807, 2.05) is 12.2 Å². The third-order valence-corrected chi connectivity index (χ3v) is 16.1. The Kier molecular flexibility index (Phi) is 67.1. The Morgan fingerprint density at radius 1 is 0.259 bits per heavy atom. The highest BCUT2D eigenvalue weighted by Crippen LogP contribution is 2.19. The van der Waals surface area contributed by atoms with E-state index in [-0.39, 0.29) is 31.6 Å². The van der Waals surface area contributed by atoms with E-state index >= 15 is 0 Å². The van der Waals surface area contributed by atoms with Crippen molar-refractivity contribution in [1.29, 1.82) is 0 Å². The van der Waals surface area contributed by atoms with Gasteiger partial charge in [-0.25, -0.2) is 0 Å². The largest absolute Gasteiger partial charge is 0.462 e. The lowest BCUT2D eigenvalue weighted by molar-refractivity contribution is -0.166. The zero-order valence-electron chi connectivity index (χ0n) is 54.3. The van der Waals surface area contributed by atoms with E-state index in [2.05, 4.69) is 69.4 Å². The van der Waals surface area contributed by atoms with Crippen molar-refractivity contribution in [3.05, 3.63) is 60.8 Å². The lowest BCUT2D eigenvalue weighted by Gasteiger charge is -2.18. The van der Waals surface area contributed by atoms with E-state index in [0.29, 0.717) is 12.8 Å². The fourth-order valence-corrected chi connectivity index (χ4v) is 10.8. The van der Waals surface area contributed by atoms with Crippen molar-refractivity contribution in [1.82, 2.24) is 0 Å². The molecule has 1 unspecified atom stereocenters. The monoisotopic (exact) mass is 1130 g/mol. The van der Waals surface area contributed by atoms with Crippen LogP contribution in [0.5, 0.6) is 0 Å². The van der Waals surface area contributed by atoms with Crippen LogP contribution in [0.4, 0.5) is 0 Å². The van der Waals surface area contributed by atoms with Gasteiger partial charge in [-0.3, -0.25) is 14.4 Å². The van der Waals surface area contributed by atoms with Gasteiger partial charge in [0.15, 0.2) is 6.10 Å². The van der Waals surface area contributed by atoms with Crippen LogP contribution in [0.3, 0.4) is 0 Å². The van der Waals surface area contributed by atoms with Crippen molar-refractivity contribution in [3.63, 3.8) is 0 Å². The second kappa shape index (κ2) is 69.6. The molecule has 0 aromatic carbocycles. The van der Waals surface area contributed by atoms with Crippen molar-refractivity contribution >= 4 is 17.9 Å². The molecule has 81 heavy (non-hydrogen) atoms. The minimum Gasteiger partial charge on any atom is -0.462 e. The molecule has 0 aliphatic heterocycles. The van der Waals surface area contributed by atoms with Crippen LogP contribution >= 0.6 is 0 Å². The van der Waals surface area contributed by atoms with Crippen LogP contribution < -0.4 is 0 Å². The maximum Gasteiger partial charge on any atom is 0.309 e. The minimum atomic E-state index is -0.813. The zero-order valence-corrected chi connectivity index (χ0v) is 54.3. The highest BCUT2D eigenvalue weighted by molar-refractivity contribution is 5.72. The molecule has 0 aliphatic carbocycles. The lowest BCUT2D eigenvalue weighted by atomic mass is 10.0. The second-order valence-electron chi connectivity index (χ2n) is 24.2. The first-order valence-corrected chi connectivity index (χ1v) is 35.8. The van der Waals surface area contributed by atoms with Gasteiger partial charge >= 0.3 is 17.9 Å². The molecule has 0 saturated carbocycles. The first-order valence-electron chi connectivity index (χ1n) is 35.8. The van der Waals surface area contributed by atoms with Crippen LogP contribution in [0.1, 0.15) is 380 Å². The number of rotatable bonds is 66. The maximum atomic E-state index is 12.9. The van der Waals surface area contributed by atoms with Gasteiger partial charge in [0, 0.05) is 12.8 Å². The molecular weight excluding hydrogens is 997 g/mol. The molecule has 0 bridgehead atoms. The van der Waals surface area contributed by atoms with Gasteiger partial charge in [-0.1, -0.05) is 377 Å². The predicted molar refractivity (Wildman–Crippen MR) is 353 cm³/mol. The molecule has 0 aliphatic rings. The number of hydrogen-bond donors (Lipinski definition) is 0. The Bertz CT molecular complexity index is 1440. The molecular formula is C75H136O6. The molecule has 0 rings (SSSR count). The number of carbonyl (C=O) groups is 3. The number of ether oxygens (including phenoxy) is 3. The van der Waals surface area contributed by atoms with E-state index in [1.54, 1.807) is 0 Å². The SMILES string of the molecule is CC/C=C\C/C=C\C/C=C\C/C=C\C/C=C\CC(=O)OCC(COC(=O)CCCCCCCCCCCCCCCCCCCCCCCCCCCCC)OC(=O)CCCCCCCCCCCCCCCCCCCCCCC. The van der Waals surface area contributed by atoms with Crippen molar-refractivity contribution in [2.75, 3.05) is 13.2 Å². The van der Waals surface area contributed by atoms with Gasteiger partial charge in [0.25, 0.3) is 0 Å². The fourth-order valence-electron chi connectivity index (χ4n) is 10.8. The molecule has 0 spiro atoms. The summed E-state index contributed by atoms with van der Waals surface area (Å²) in [5.41, 5.74) is 0. The van der Waals surface area contributed by atoms with E-state index in [1.165, 1.54) is 270 Å². The number of allylic oxidation sites excluding steroid dienone is 9. The Labute approximate surface area is 504 Å². The Hall–Kier alpha value is -2.89. The number of esters is 3. The summed E-state index contributed by atoms with van der Waals surface area (Å²) in [4.78, 5) is 38.4. The minimum absolute atomic E-state index is 0.0989. The first kappa shape index (κ1) is 78.1. The number of unbranched alkanes of at least 4 members (excludes halogenated alkanes) is 46. The molecule has 0 amide bonds. The molecule has 6 heteroatoms. The maximum absolute atomic E-state index is 12.9. The molecule has 0 N–H and O–H groups in total. The van der Waals surface area contributed by atoms with Crippen molar-refractivity contribution < 1.29 is 28.6 Å². The smallest absolute Gasteiger partial charge is 0.309 e. The van der Waals surface area contributed by atoms with E-state index in [4.69, 9.17) is 14.2 Å². The van der Waals surface area contributed by atoms with Crippen LogP contribution in [0.25, 0.3) is 0 Å². The summed E-state index contributed by atoms with van der Waals surface area (Å²) in [6.07, 6.45) is 90.1. The first-order chi connectivity index (χ1) is 40.0. The Morgan fingerprint density at radius 3 is 0.753 bits per heavy atom. The zero-order chi connectivity index (χ0) is 58.5. The predicted octanol–water partition coefficient (Wildman–Crippen LogP) is 24.7. The van der Waals surface area contributed by atoms with Crippen LogP contribution in [0.2, 0.25) is 0 Å². The molecule has 472 valence electrons. The van der Waals surface area contributed by atoms with E-state index < -0.39 is 12.1 Å². The molecule has 0 aromatic rings. The van der Waals surface area contributed by atoms with Crippen LogP contribution in [0.15, 0.2) is 60.8 Å². The van der Waals surface area contributed by atoms with Crippen LogP contribution in [0, 0.1) is 0 Å². The molecule has 0 radical (unpaired) electrons. The quantitative estimate of drug-likeness (QED) is 0.0261. The van der Waals surface area contributed by atoms with Gasteiger partial charge in [0.1, 0.15) is 13.2 Å². The highest BCUT2D eigenvalue weighted by Gasteiger charge is 2.19. The summed E-state index contributed by atoms with van der Waals surface area (Å²) in [6.45, 7) is 6.51. The van der Waals surface area contributed by atoms with Crippen molar-refractivity contribution in [2.24, 2.45) is 0 Å². The van der Waals surface area contributed by atoms with Crippen molar-refractivity contribution in [3.8, 4) is 0 Å². The summed E-state index contributed by atoms with van der Waals surface area (Å²) in [5, 5.41) is 0. The lowest BCUT2D eigenvalue weighted by Crippen LogP contribution is -2.30. The van der Waals surface area contributed by atoms with Gasteiger partial charge in [-0.05, 0) is 44.9 Å². The molecule has 0 heterocycles. The van der Waals surface area contributed by atoms with Gasteiger partial charge in [-0.2, -0.15) is 0 Å². The fraction of sp³-hybridized carbons (Fsp3) is 0.827. The van der Waals surface area contributed by atoms with Crippen LogP contribution in [-0.2, 0) is 28.6 Å². The summed E-state index contributed by atoms with van der Waals surface area (Å²) in [6, 6.07) is 0. The summed E-state index contributed by atoms with van der Waals surface area (Å²) < 4.78 is 16.9. The standard InChI is InChI=1S/C75H136O6/c1-4-7-10-13-16-19-22-25-28-30-32-34-35-36-37-38-39-41-42-44-47-50-53-56-59-62-65-68-74(77)80-71-72(70-79-73(76)67-64-61-58-55-52-49-46-27-24-21-18-15-12-9-6-3)81-75(78)69-66-63-60-57-54-51-48-45-43-40-33-31-29-26-23-20-17-14-11-8-5-2/h9,12,18,21,27,46,52,55,61,64,72H,4-8,10-11,13-17,19-20,22-26,28-45,47-51,53-54,56-60,62-63,65-71H2,1-3H3/b12-9-,21-18-,46-27-,55-52-,64-61-. The van der Waals surface area contributed by atoms with Gasteiger partial charge < -0.3 is 14.2 Å². The molecule has 1 atom stereocenters. The second-order valence-corrected chi connectivity index (χ2v) is 24.2. The van der Waals surface area contributed by atoms with Crippen molar-refractivity contribution in [2.45, 2.75) is 386 Å². The highest BCUT2D eigenvalue weighted by atomic mass is 16.6. The topological polar surface area (TPSA) is 78.9 Å². The van der Waals surface area contributed by atoms with Gasteiger partial charge in [0.2, 0.25) is 0 Å². The Balaban J connectivity index is 4.29. The summed E-state index contributed by atoms with van der Waals surface area (Å²) in [7, 11) is 0. The molecule has 0 aromatic heterocycles. The van der Waals surface area contributed by atoms with Gasteiger partial charge in [-0.15, -0.1) is 0 Å². The summed E-state index contributed by atoms with van der Waals surface area (Å²) in [5.74, 6) is -1.01. The summed E-state index contributed by atoms with van der Waals surface area (Å²) >= 11 is 0. The third-order valence-electron chi connectivity index (χ3n) is 16.1.